The van der Waals surface area contributed by atoms with Crippen LogP contribution in [0.15, 0.2) is 66.7 Å². The van der Waals surface area contributed by atoms with Gasteiger partial charge in [-0.2, -0.15) is 0 Å². The largest absolute Gasteiger partial charge is 0.494 e. The van der Waals surface area contributed by atoms with E-state index in [1.165, 1.54) is 6.92 Å². The minimum atomic E-state index is -0.657. The second-order valence-electron chi connectivity index (χ2n) is 11.3. The Hall–Kier alpha value is -3.59. The first-order valence-corrected chi connectivity index (χ1v) is 15.9. The molecule has 2 aliphatic rings. The number of nitrogens with zero attached hydrogens (tertiary/aromatic N) is 2. The third-order valence-electron chi connectivity index (χ3n) is 7.88. The molecule has 44 heavy (non-hydrogen) atoms. The number of rotatable bonds is 13. The minimum Gasteiger partial charge on any atom is -0.494 e. The van der Waals surface area contributed by atoms with Crippen molar-refractivity contribution < 1.29 is 19.1 Å². The summed E-state index contributed by atoms with van der Waals surface area (Å²) in [5.74, 6) is 0.457. The number of aryl methyl sites for hydroxylation is 1. The van der Waals surface area contributed by atoms with E-state index in [0.717, 1.165) is 48.1 Å². The molecule has 0 aromatic heterocycles. The average molecular weight is 638 g/mol. The van der Waals surface area contributed by atoms with Crippen molar-refractivity contribution in [3.63, 3.8) is 0 Å². The van der Waals surface area contributed by atoms with Gasteiger partial charge in [0, 0.05) is 48.3 Å². The summed E-state index contributed by atoms with van der Waals surface area (Å²) in [6.07, 6.45) is 4.16. The van der Waals surface area contributed by atoms with Gasteiger partial charge >= 0.3 is 0 Å². The van der Waals surface area contributed by atoms with Crippen molar-refractivity contribution in [1.29, 1.82) is 0 Å². The van der Waals surface area contributed by atoms with Gasteiger partial charge in [-0.05, 0) is 85.2 Å². The normalized spacial score (nSPS) is 16.5. The van der Waals surface area contributed by atoms with Crippen LogP contribution in [0.2, 0.25) is 10.0 Å². The van der Waals surface area contributed by atoms with Crippen molar-refractivity contribution in [2.24, 2.45) is 0 Å². The van der Waals surface area contributed by atoms with Gasteiger partial charge in [0.1, 0.15) is 11.8 Å². The second kappa shape index (κ2) is 14.9. The summed E-state index contributed by atoms with van der Waals surface area (Å²) in [6, 6.07) is 20.5. The van der Waals surface area contributed by atoms with E-state index < -0.39 is 6.04 Å². The van der Waals surface area contributed by atoms with Gasteiger partial charge < -0.3 is 20.3 Å². The fourth-order valence-corrected chi connectivity index (χ4v) is 5.83. The van der Waals surface area contributed by atoms with E-state index in [-0.39, 0.29) is 30.3 Å². The molecule has 3 aromatic carbocycles. The van der Waals surface area contributed by atoms with Gasteiger partial charge in [-0.25, -0.2) is 0 Å². The molecular weight excluding hydrogens is 599 g/mol. The standard InChI is InChI=1S/C34H38Cl2N4O4/c1-23(41)38-16-15-25-9-14-31(36)26(18-25)22-39(28-12-13-28)34(43)32-20-37-21-33(42)40(32)29-10-7-24(8-11-29)4-3-17-44-30-6-2-5-27(35)19-30/h2,5-11,14,18-19,28,32,37H,3-4,12-13,15-17,20-22H2,1H3,(H,38,41)/t32-/m1/s1. The number of carbonyl (C=O) groups is 3. The molecule has 0 bridgehead atoms. The monoisotopic (exact) mass is 636 g/mol. The van der Waals surface area contributed by atoms with E-state index in [2.05, 4.69) is 10.6 Å². The molecule has 10 heteroatoms. The molecule has 2 fully saturated rings. The van der Waals surface area contributed by atoms with E-state index >= 15 is 0 Å². The van der Waals surface area contributed by atoms with Crippen molar-refractivity contribution in [3.8, 4) is 5.75 Å². The van der Waals surface area contributed by atoms with Crippen LogP contribution in [-0.4, -0.2) is 60.9 Å². The van der Waals surface area contributed by atoms with Gasteiger partial charge in [0.15, 0.2) is 0 Å². The Morgan fingerprint density at radius 2 is 1.80 bits per heavy atom. The lowest BCUT2D eigenvalue weighted by Gasteiger charge is -2.38. The van der Waals surface area contributed by atoms with Crippen LogP contribution in [0.3, 0.4) is 0 Å². The van der Waals surface area contributed by atoms with Crippen molar-refractivity contribution in [2.75, 3.05) is 31.1 Å². The number of ether oxygens (including phenoxy) is 1. The number of anilines is 1. The van der Waals surface area contributed by atoms with Gasteiger partial charge in [-0.15, -0.1) is 0 Å². The molecule has 0 radical (unpaired) electrons. The first kappa shape index (κ1) is 31.8. The minimum absolute atomic E-state index is 0.0703. The molecule has 2 N–H and O–H groups in total. The van der Waals surface area contributed by atoms with Crippen LogP contribution in [0.1, 0.15) is 42.9 Å². The molecule has 8 nitrogen and oxygen atoms in total. The maximum Gasteiger partial charge on any atom is 0.247 e. The number of halogens is 2. The molecule has 1 aliphatic carbocycles. The van der Waals surface area contributed by atoms with Crippen LogP contribution in [0, 0.1) is 0 Å². The summed E-state index contributed by atoms with van der Waals surface area (Å²) in [7, 11) is 0. The molecule has 1 saturated heterocycles. The fourth-order valence-electron chi connectivity index (χ4n) is 5.47. The summed E-state index contributed by atoms with van der Waals surface area (Å²) in [5.41, 5.74) is 3.73. The molecule has 0 unspecified atom stereocenters. The molecule has 1 saturated carbocycles. The molecular formula is C34H38Cl2N4O4. The topological polar surface area (TPSA) is 91.0 Å². The number of hydrogen-bond donors (Lipinski definition) is 2. The number of benzene rings is 3. The van der Waals surface area contributed by atoms with Crippen LogP contribution >= 0.6 is 23.2 Å². The van der Waals surface area contributed by atoms with E-state index in [0.29, 0.717) is 48.4 Å². The Morgan fingerprint density at radius 3 is 2.52 bits per heavy atom. The highest BCUT2D eigenvalue weighted by molar-refractivity contribution is 6.31. The van der Waals surface area contributed by atoms with Crippen molar-refractivity contribution >= 4 is 46.6 Å². The second-order valence-corrected chi connectivity index (χ2v) is 12.2. The Kier molecular flexibility index (Phi) is 10.8. The SMILES string of the molecule is CC(=O)NCCc1ccc(Cl)c(CN(C(=O)[C@H]2CNCC(=O)N2c2ccc(CCCOc3cccc(Cl)c3)cc2)C2CC2)c1. The molecule has 0 spiro atoms. The molecule has 1 atom stereocenters. The maximum absolute atomic E-state index is 14.1. The molecule has 232 valence electrons. The number of hydrogen-bond acceptors (Lipinski definition) is 5. The predicted molar refractivity (Wildman–Crippen MR) is 173 cm³/mol. The van der Waals surface area contributed by atoms with E-state index in [1.807, 2.05) is 65.6 Å². The van der Waals surface area contributed by atoms with E-state index in [1.54, 1.807) is 11.0 Å². The lowest BCUT2D eigenvalue weighted by atomic mass is 10.0. The number of amides is 3. The molecule has 1 heterocycles. The van der Waals surface area contributed by atoms with E-state index in [4.69, 9.17) is 27.9 Å². The zero-order valence-electron chi connectivity index (χ0n) is 24.9. The lowest BCUT2D eigenvalue weighted by Crippen LogP contribution is -2.61. The van der Waals surface area contributed by atoms with E-state index in [9.17, 15) is 14.4 Å². The number of piperazine rings is 1. The first-order chi connectivity index (χ1) is 21.3. The van der Waals surface area contributed by atoms with Crippen molar-refractivity contribution in [1.82, 2.24) is 15.5 Å². The molecule has 3 aromatic rings. The highest BCUT2D eigenvalue weighted by Crippen LogP contribution is 2.32. The van der Waals surface area contributed by atoms with Crippen LogP contribution < -0.4 is 20.3 Å². The van der Waals surface area contributed by atoms with Gasteiger partial charge in [0.05, 0.1) is 13.2 Å². The van der Waals surface area contributed by atoms with Crippen LogP contribution in [0.5, 0.6) is 5.75 Å². The van der Waals surface area contributed by atoms with Crippen LogP contribution in [-0.2, 0) is 33.8 Å². The molecule has 1 aliphatic heterocycles. The summed E-state index contributed by atoms with van der Waals surface area (Å²) in [6.45, 7) is 3.51. The summed E-state index contributed by atoms with van der Waals surface area (Å²) >= 11 is 12.6. The molecule has 3 amide bonds. The third-order valence-corrected chi connectivity index (χ3v) is 8.48. The van der Waals surface area contributed by atoms with Gasteiger partial charge in [-0.3, -0.25) is 19.3 Å². The zero-order valence-corrected chi connectivity index (χ0v) is 26.4. The first-order valence-electron chi connectivity index (χ1n) is 15.1. The summed E-state index contributed by atoms with van der Waals surface area (Å²) < 4.78 is 5.80. The lowest BCUT2D eigenvalue weighted by molar-refractivity contribution is -0.136. The quantitative estimate of drug-likeness (QED) is 0.252. The Bertz CT molecular complexity index is 1480. The van der Waals surface area contributed by atoms with Gasteiger partial charge in [0.2, 0.25) is 17.7 Å². The van der Waals surface area contributed by atoms with Crippen molar-refractivity contribution in [2.45, 2.75) is 57.7 Å². The van der Waals surface area contributed by atoms with Gasteiger partial charge in [0.25, 0.3) is 0 Å². The Morgan fingerprint density at radius 1 is 1.02 bits per heavy atom. The summed E-state index contributed by atoms with van der Waals surface area (Å²) in [4.78, 5) is 42.1. The highest BCUT2D eigenvalue weighted by atomic mass is 35.5. The fraction of sp³-hybridized carbons (Fsp3) is 0.382. The Balaban J connectivity index is 1.24. The third kappa shape index (κ3) is 8.52. The average Bonchev–Trinajstić information content (AvgIpc) is 3.85. The highest BCUT2D eigenvalue weighted by Gasteiger charge is 2.41. The number of carbonyl (C=O) groups excluding carboxylic acids is 3. The van der Waals surface area contributed by atoms with Crippen molar-refractivity contribution in [3.05, 3.63) is 93.5 Å². The number of nitrogens with one attached hydrogen (secondary N) is 2. The summed E-state index contributed by atoms with van der Waals surface area (Å²) in [5, 5.41) is 7.19. The Labute approximate surface area is 268 Å². The maximum atomic E-state index is 14.1. The smallest absolute Gasteiger partial charge is 0.247 e. The van der Waals surface area contributed by atoms with Gasteiger partial charge in [-0.1, -0.05) is 53.5 Å². The van der Waals surface area contributed by atoms with Crippen LogP contribution in [0.25, 0.3) is 0 Å². The van der Waals surface area contributed by atoms with Crippen LogP contribution in [0.4, 0.5) is 5.69 Å². The zero-order chi connectivity index (χ0) is 31.1. The molecule has 5 rings (SSSR count). The predicted octanol–water partition coefficient (Wildman–Crippen LogP) is 5.18.